The van der Waals surface area contributed by atoms with Crippen molar-refractivity contribution in [2.75, 3.05) is 6.61 Å². The molecule has 1 fully saturated rings. The summed E-state index contributed by atoms with van der Waals surface area (Å²) in [4.78, 5) is 15.3. The minimum Gasteiger partial charge on any atom is -0.396 e. The quantitative estimate of drug-likeness (QED) is 0.790. The number of halogens is 3. The summed E-state index contributed by atoms with van der Waals surface area (Å²) < 4.78 is 37.2. The molecule has 1 aliphatic rings. The Morgan fingerprint density at radius 3 is 2.91 bits per heavy atom. The van der Waals surface area contributed by atoms with Gasteiger partial charge in [-0.15, -0.1) is 11.3 Å². The zero-order valence-corrected chi connectivity index (χ0v) is 12.9. The Balaban J connectivity index is 1.84. The van der Waals surface area contributed by atoms with Crippen molar-refractivity contribution in [3.8, 4) is 0 Å². The molecule has 0 aromatic carbocycles. The summed E-state index contributed by atoms with van der Waals surface area (Å²) in [5.74, 6) is 0. The van der Waals surface area contributed by atoms with Gasteiger partial charge < -0.3 is 15.7 Å². The van der Waals surface area contributed by atoms with Gasteiger partial charge in [-0.05, 0) is 12.8 Å². The van der Waals surface area contributed by atoms with E-state index in [-0.39, 0.29) is 29.6 Å². The SMILES string of the molecule is CC1(CO)CCCC1NC(=O)NCc1nc(C(F)(F)F)cs1. The molecule has 1 saturated carbocycles. The predicted octanol–water partition coefficient (Wildman–Crippen LogP) is 2.51. The van der Waals surface area contributed by atoms with E-state index in [1.807, 2.05) is 6.92 Å². The van der Waals surface area contributed by atoms with Crippen LogP contribution in [-0.2, 0) is 12.7 Å². The Morgan fingerprint density at radius 1 is 1.59 bits per heavy atom. The summed E-state index contributed by atoms with van der Waals surface area (Å²) in [6.45, 7) is 1.83. The first kappa shape index (κ1) is 17.0. The van der Waals surface area contributed by atoms with E-state index in [0.29, 0.717) is 0 Å². The van der Waals surface area contributed by atoms with Crippen molar-refractivity contribution in [2.45, 2.75) is 44.9 Å². The number of aromatic nitrogens is 1. The van der Waals surface area contributed by atoms with Crippen LogP contribution < -0.4 is 10.6 Å². The maximum Gasteiger partial charge on any atom is 0.434 e. The number of carbonyl (C=O) groups is 1. The molecule has 1 aliphatic carbocycles. The van der Waals surface area contributed by atoms with Crippen LogP contribution in [0.15, 0.2) is 5.38 Å². The molecule has 2 unspecified atom stereocenters. The lowest BCUT2D eigenvalue weighted by molar-refractivity contribution is -0.140. The Morgan fingerprint density at radius 2 is 2.32 bits per heavy atom. The number of aliphatic hydroxyl groups excluding tert-OH is 1. The molecule has 2 amide bonds. The van der Waals surface area contributed by atoms with Crippen molar-refractivity contribution in [3.05, 3.63) is 16.1 Å². The number of aliphatic hydroxyl groups is 1. The molecule has 1 aromatic rings. The van der Waals surface area contributed by atoms with E-state index >= 15 is 0 Å². The summed E-state index contributed by atoms with van der Waals surface area (Å²) in [6.07, 6.45) is -1.94. The van der Waals surface area contributed by atoms with Crippen LogP contribution in [0.25, 0.3) is 0 Å². The third-order valence-corrected chi connectivity index (χ3v) is 4.84. The van der Waals surface area contributed by atoms with Crippen LogP contribution >= 0.6 is 11.3 Å². The Labute approximate surface area is 129 Å². The van der Waals surface area contributed by atoms with Crippen LogP contribution in [0, 0.1) is 5.41 Å². The van der Waals surface area contributed by atoms with Gasteiger partial charge in [-0.1, -0.05) is 13.3 Å². The zero-order chi connectivity index (χ0) is 16.4. The normalized spacial score (nSPS) is 25.2. The lowest BCUT2D eigenvalue weighted by atomic mass is 9.86. The van der Waals surface area contributed by atoms with Crippen molar-refractivity contribution in [1.82, 2.24) is 15.6 Å². The van der Waals surface area contributed by atoms with Gasteiger partial charge in [-0.2, -0.15) is 13.2 Å². The minimum absolute atomic E-state index is 0.0145. The minimum atomic E-state index is -4.47. The molecule has 3 N–H and O–H groups in total. The number of nitrogens with one attached hydrogen (secondary N) is 2. The number of nitrogens with zero attached hydrogens (tertiary/aromatic N) is 1. The van der Waals surface area contributed by atoms with Crippen LogP contribution in [-0.4, -0.2) is 28.8 Å². The molecule has 1 aromatic heterocycles. The van der Waals surface area contributed by atoms with Crippen LogP contribution in [0.2, 0.25) is 0 Å². The van der Waals surface area contributed by atoms with Crippen molar-refractivity contribution in [3.63, 3.8) is 0 Å². The van der Waals surface area contributed by atoms with Crippen molar-refractivity contribution in [2.24, 2.45) is 5.41 Å². The molecule has 0 aliphatic heterocycles. The second kappa shape index (κ2) is 6.41. The van der Waals surface area contributed by atoms with Crippen LogP contribution in [0.4, 0.5) is 18.0 Å². The highest BCUT2D eigenvalue weighted by Gasteiger charge is 2.39. The van der Waals surface area contributed by atoms with E-state index in [4.69, 9.17) is 0 Å². The summed E-state index contributed by atoms with van der Waals surface area (Å²) in [7, 11) is 0. The Bertz CT molecular complexity index is 535. The fraction of sp³-hybridized carbons (Fsp3) is 0.692. The fourth-order valence-electron chi connectivity index (χ4n) is 2.56. The molecule has 0 radical (unpaired) electrons. The smallest absolute Gasteiger partial charge is 0.396 e. The predicted molar refractivity (Wildman–Crippen MR) is 75.3 cm³/mol. The molecule has 2 atom stereocenters. The molecule has 2 rings (SSSR count). The second-order valence-electron chi connectivity index (χ2n) is 5.71. The van der Waals surface area contributed by atoms with E-state index in [0.717, 1.165) is 36.0 Å². The lowest BCUT2D eigenvalue weighted by Gasteiger charge is -2.30. The molecule has 124 valence electrons. The van der Waals surface area contributed by atoms with Crippen molar-refractivity contribution >= 4 is 17.4 Å². The topological polar surface area (TPSA) is 74.2 Å². The zero-order valence-electron chi connectivity index (χ0n) is 12.0. The number of rotatable bonds is 4. The number of thiazole rings is 1. The van der Waals surface area contributed by atoms with Gasteiger partial charge in [0.2, 0.25) is 0 Å². The summed E-state index contributed by atoms with van der Waals surface area (Å²) >= 11 is 0.852. The average Bonchev–Trinajstić information content (AvgIpc) is 3.04. The van der Waals surface area contributed by atoms with E-state index in [9.17, 15) is 23.1 Å². The highest BCUT2D eigenvalue weighted by Crippen LogP contribution is 2.37. The highest BCUT2D eigenvalue weighted by molar-refractivity contribution is 7.09. The molecule has 1 heterocycles. The second-order valence-corrected chi connectivity index (χ2v) is 6.65. The number of urea groups is 1. The van der Waals surface area contributed by atoms with Crippen LogP contribution in [0.5, 0.6) is 0 Å². The van der Waals surface area contributed by atoms with E-state index in [1.165, 1.54) is 0 Å². The molecular formula is C13H18F3N3O2S. The maximum absolute atomic E-state index is 12.4. The number of carbonyl (C=O) groups excluding carboxylic acids is 1. The first-order valence-corrected chi connectivity index (χ1v) is 7.79. The standard InChI is InChI=1S/C13H18F3N3O2S/c1-12(7-20)4-2-3-8(12)19-11(21)17-5-10-18-9(6-22-10)13(14,15)16/h6,8,20H,2-5,7H2,1H3,(H2,17,19,21). The van der Waals surface area contributed by atoms with Gasteiger partial charge in [0, 0.05) is 16.8 Å². The number of hydrogen-bond acceptors (Lipinski definition) is 4. The first-order chi connectivity index (χ1) is 10.2. The van der Waals surface area contributed by atoms with E-state index in [1.54, 1.807) is 0 Å². The lowest BCUT2D eigenvalue weighted by Crippen LogP contribution is -2.48. The fourth-order valence-corrected chi connectivity index (χ4v) is 3.30. The summed E-state index contributed by atoms with van der Waals surface area (Å²) in [5.41, 5.74) is -1.29. The third kappa shape index (κ3) is 3.89. The maximum atomic E-state index is 12.4. The molecule has 5 nitrogen and oxygen atoms in total. The third-order valence-electron chi connectivity index (χ3n) is 3.99. The molecule has 0 bridgehead atoms. The van der Waals surface area contributed by atoms with Gasteiger partial charge in [0.25, 0.3) is 0 Å². The highest BCUT2D eigenvalue weighted by atomic mass is 32.1. The summed E-state index contributed by atoms with van der Waals surface area (Å²) in [5, 5.41) is 15.8. The van der Waals surface area contributed by atoms with Gasteiger partial charge in [0.05, 0.1) is 13.2 Å². The summed E-state index contributed by atoms with van der Waals surface area (Å²) in [6, 6.07) is -0.602. The first-order valence-electron chi connectivity index (χ1n) is 6.91. The number of amides is 2. The monoisotopic (exact) mass is 337 g/mol. The van der Waals surface area contributed by atoms with Gasteiger partial charge >= 0.3 is 12.2 Å². The van der Waals surface area contributed by atoms with Crippen molar-refractivity contribution < 1.29 is 23.1 Å². The van der Waals surface area contributed by atoms with E-state index in [2.05, 4.69) is 15.6 Å². The van der Waals surface area contributed by atoms with Gasteiger partial charge in [-0.3, -0.25) is 0 Å². The van der Waals surface area contributed by atoms with Crippen molar-refractivity contribution in [1.29, 1.82) is 0 Å². The largest absolute Gasteiger partial charge is 0.434 e. The molecular weight excluding hydrogens is 319 g/mol. The molecule has 9 heteroatoms. The van der Waals surface area contributed by atoms with Gasteiger partial charge in [0.1, 0.15) is 5.01 Å². The number of hydrogen-bond donors (Lipinski definition) is 3. The van der Waals surface area contributed by atoms with Crippen LogP contribution in [0.1, 0.15) is 36.9 Å². The van der Waals surface area contributed by atoms with E-state index < -0.39 is 17.9 Å². The number of alkyl halides is 3. The molecule has 0 saturated heterocycles. The molecule has 22 heavy (non-hydrogen) atoms. The van der Waals surface area contributed by atoms with Crippen LogP contribution in [0.3, 0.4) is 0 Å². The Hall–Kier alpha value is -1.35. The van der Waals surface area contributed by atoms with Gasteiger partial charge in [-0.25, -0.2) is 9.78 Å². The van der Waals surface area contributed by atoms with Gasteiger partial charge in [0.15, 0.2) is 5.69 Å². The molecule has 0 spiro atoms. The average molecular weight is 337 g/mol. The Kier molecular flexibility index (Phi) is 4.96.